The lowest BCUT2D eigenvalue weighted by molar-refractivity contribution is -0.133. The van der Waals surface area contributed by atoms with Gasteiger partial charge < -0.3 is 10.2 Å². The van der Waals surface area contributed by atoms with Crippen molar-refractivity contribution in [2.24, 2.45) is 0 Å². The Kier molecular flexibility index (Phi) is 25.1. The number of nitrogens with one attached hydrogen (secondary N) is 1. The zero-order valence-corrected chi connectivity index (χ0v) is 23.9. The Hall–Kier alpha value is -1.16. The van der Waals surface area contributed by atoms with Crippen molar-refractivity contribution in [1.29, 1.82) is 0 Å². The fourth-order valence-electron chi connectivity index (χ4n) is 4.64. The SMILES string of the molecule is C=C(NCCCN(CCCCCCCC)CCCCCCCCCCCCCCC)C(=O)C(C)=O. The molecule has 0 amide bonds. The molecule has 0 saturated heterocycles. The number of Topliss-reactive ketones (excluding diaryl/α,β-unsaturated/α-hetero) is 2. The lowest BCUT2D eigenvalue weighted by Gasteiger charge is -2.22. The highest BCUT2D eigenvalue weighted by Gasteiger charge is 2.12. The Labute approximate surface area is 219 Å². The van der Waals surface area contributed by atoms with Crippen LogP contribution in [0.2, 0.25) is 0 Å². The summed E-state index contributed by atoms with van der Waals surface area (Å²) in [5, 5.41) is 3.04. The first-order valence-electron chi connectivity index (χ1n) is 15.2. The van der Waals surface area contributed by atoms with E-state index in [1.807, 2.05) is 0 Å². The van der Waals surface area contributed by atoms with Crippen LogP contribution in [0.15, 0.2) is 12.3 Å². The van der Waals surface area contributed by atoms with Gasteiger partial charge in [-0.05, 0) is 38.9 Å². The van der Waals surface area contributed by atoms with Crippen LogP contribution in [0.1, 0.15) is 149 Å². The summed E-state index contributed by atoms with van der Waals surface area (Å²) in [4.78, 5) is 25.4. The van der Waals surface area contributed by atoms with Crippen LogP contribution in [0.25, 0.3) is 0 Å². The van der Waals surface area contributed by atoms with E-state index in [-0.39, 0.29) is 5.70 Å². The maximum Gasteiger partial charge on any atom is 0.243 e. The number of unbranched alkanes of at least 4 members (excludes halogenated alkanes) is 17. The molecule has 4 nitrogen and oxygen atoms in total. The van der Waals surface area contributed by atoms with Crippen LogP contribution in [-0.2, 0) is 9.59 Å². The molecule has 0 aliphatic rings. The van der Waals surface area contributed by atoms with E-state index in [2.05, 4.69) is 30.6 Å². The monoisotopic (exact) mass is 492 g/mol. The van der Waals surface area contributed by atoms with E-state index in [0.29, 0.717) is 6.54 Å². The van der Waals surface area contributed by atoms with Crippen LogP contribution in [0.3, 0.4) is 0 Å². The Bertz CT molecular complexity index is 518. The van der Waals surface area contributed by atoms with E-state index in [1.54, 1.807) is 0 Å². The average Bonchev–Trinajstić information content (AvgIpc) is 2.85. The summed E-state index contributed by atoms with van der Waals surface area (Å²) in [6, 6.07) is 0. The molecule has 1 N–H and O–H groups in total. The van der Waals surface area contributed by atoms with Gasteiger partial charge in [0.05, 0.1) is 5.70 Å². The van der Waals surface area contributed by atoms with Gasteiger partial charge >= 0.3 is 0 Å². The van der Waals surface area contributed by atoms with Crippen LogP contribution in [0.5, 0.6) is 0 Å². The molecule has 0 bridgehead atoms. The highest BCUT2D eigenvalue weighted by molar-refractivity contribution is 6.42. The Balaban J connectivity index is 3.95. The second-order valence-electron chi connectivity index (χ2n) is 10.5. The molecule has 35 heavy (non-hydrogen) atoms. The Morgan fingerprint density at radius 3 is 1.29 bits per heavy atom. The molecule has 0 fully saturated rings. The molecule has 0 aromatic carbocycles. The maximum atomic E-state index is 11.6. The van der Waals surface area contributed by atoms with Gasteiger partial charge in [0.2, 0.25) is 11.6 Å². The number of hydrogen-bond donors (Lipinski definition) is 1. The number of allylic oxidation sites excluding steroid dienone is 1. The summed E-state index contributed by atoms with van der Waals surface area (Å²) in [6.07, 6.45) is 27.1. The number of ketones is 2. The van der Waals surface area contributed by atoms with Gasteiger partial charge in [-0.2, -0.15) is 0 Å². The van der Waals surface area contributed by atoms with E-state index in [1.165, 1.54) is 142 Å². The van der Waals surface area contributed by atoms with Gasteiger partial charge in [-0.1, -0.05) is 130 Å². The van der Waals surface area contributed by atoms with Crippen LogP contribution in [-0.4, -0.2) is 42.6 Å². The lowest BCUT2D eigenvalue weighted by atomic mass is 10.0. The summed E-state index contributed by atoms with van der Waals surface area (Å²) in [7, 11) is 0. The van der Waals surface area contributed by atoms with Crippen molar-refractivity contribution in [2.45, 2.75) is 149 Å². The molecule has 0 aliphatic heterocycles. The standard InChI is InChI=1S/C31H60N2O2/c1-5-7-9-11-13-14-15-16-17-18-19-21-23-27-33(26-22-20-12-10-8-6-2)28-24-25-32-29(3)31(35)30(4)34/h32H,3,5-28H2,1-2,4H3. The molecule has 0 rings (SSSR count). The minimum absolute atomic E-state index is 0.233. The highest BCUT2D eigenvalue weighted by Crippen LogP contribution is 2.13. The number of rotatable bonds is 28. The van der Waals surface area contributed by atoms with Crippen molar-refractivity contribution in [1.82, 2.24) is 10.2 Å². The van der Waals surface area contributed by atoms with Crippen molar-refractivity contribution in [3.63, 3.8) is 0 Å². The van der Waals surface area contributed by atoms with Gasteiger partial charge in [-0.15, -0.1) is 0 Å². The topological polar surface area (TPSA) is 49.4 Å². The van der Waals surface area contributed by atoms with Crippen molar-refractivity contribution in [2.75, 3.05) is 26.2 Å². The number of carbonyl (C=O) groups is 2. The quantitative estimate of drug-likeness (QED) is 0.0676. The third-order valence-electron chi connectivity index (χ3n) is 6.99. The molecule has 0 aromatic rings. The molecule has 0 atom stereocenters. The summed E-state index contributed by atoms with van der Waals surface area (Å²) in [5.41, 5.74) is 0.233. The molecule has 4 heteroatoms. The minimum atomic E-state index is -0.499. The lowest BCUT2D eigenvalue weighted by Crippen LogP contribution is -2.31. The molecule has 0 radical (unpaired) electrons. The van der Waals surface area contributed by atoms with Gasteiger partial charge in [-0.25, -0.2) is 0 Å². The fourth-order valence-corrected chi connectivity index (χ4v) is 4.64. The number of nitrogens with zero attached hydrogens (tertiary/aromatic N) is 1. The first-order valence-corrected chi connectivity index (χ1v) is 15.2. The van der Waals surface area contributed by atoms with Gasteiger partial charge in [0, 0.05) is 13.5 Å². The fraction of sp³-hybridized carbons (Fsp3) is 0.871. The highest BCUT2D eigenvalue weighted by atomic mass is 16.2. The zero-order chi connectivity index (χ0) is 26.0. The van der Waals surface area contributed by atoms with Gasteiger partial charge in [-0.3, -0.25) is 9.59 Å². The number of hydrogen-bond acceptors (Lipinski definition) is 4. The van der Waals surface area contributed by atoms with Crippen molar-refractivity contribution in [3.8, 4) is 0 Å². The van der Waals surface area contributed by atoms with Gasteiger partial charge in [0.25, 0.3) is 0 Å². The third-order valence-corrected chi connectivity index (χ3v) is 6.99. The largest absolute Gasteiger partial charge is 0.382 e. The summed E-state index contributed by atoms with van der Waals surface area (Å²) >= 11 is 0. The molecular weight excluding hydrogens is 432 g/mol. The molecular formula is C31H60N2O2. The third kappa shape index (κ3) is 23.0. The summed E-state index contributed by atoms with van der Waals surface area (Å²) in [6.45, 7) is 13.7. The van der Waals surface area contributed by atoms with E-state index in [4.69, 9.17) is 0 Å². The summed E-state index contributed by atoms with van der Waals surface area (Å²) in [5.74, 6) is -0.949. The maximum absolute atomic E-state index is 11.6. The summed E-state index contributed by atoms with van der Waals surface area (Å²) < 4.78 is 0. The smallest absolute Gasteiger partial charge is 0.243 e. The molecule has 0 unspecified atom stereocenters. The average molecular weight is 493 g/mol. The Morgan fingerprint density at radius 1 is 0.571 bits per heavy atom. The van der Waals surface area contributed by atoms with Crippen molar-refractivity contribution >= 4 is 11.6 Å². The number of carbonyl (C=O) groups excluding carboxylic acids is 2. The van der Waals surface area contributed by atoms with E-state index >= 15 is 0 Å². The zero-order valence-electron chi connectivity index (χ0n) is 23.9. The van der Waals surface area contributed by atoms with Crippen molar-refractivity contribution in [3.05, 3.63) is 12.3 Å². The molecule has 0 heterocycles. The van der Waals surface area contributed by atoms with E-state index in [0.717, 1.165) is 13.0 Å². The Morgan fingerprint density at radius 2 is 0.914 bits per heavy atom. The molecule has 206 valence electrons. The van der Waals surface area contributed by atoms with Crippen LogP contribution < -0.4 is 5.32 Å². The first-order chi connectivity index (χ1) is 17.0. The molecule has 0 spiro atoms. The molecule has 0 aliphatic carbocycles. The van der Waals surface area contributed by atoms with E-state index < -0.39 is 11.6 Å². The normalized spacial score (nSPS) is 11.2. The van der Waals surface area contributed by atoms with Crippen LogP contribution >= 0.6 is 0 Å². The first kappa shape index (κ1) is 33.8. The predicted octanol–water partition coefficient (Wildman–Crippen LogP) is 8.39. The van der Waals surface area contributed by atoms with Crippen LogP contribution in [0.4, 0.5) is 0 Å². The van der Waals surface area contributed by atoms with Gasteiger partial charge in [0.15, 0.2) is 0 Å². The molecule has 0 aromatic heterocycles. The second kappa shape index (κ2) is 25.9. The van der Waals surface area contributed by atoms with Crippen molar-refractivity contribution < 1.29 is 9.59 Å². The van der Waals surface area contributed by atoms with Crippen LogP contribution in [0, 0.1) is 0 Å². The predicted molar refractivity (Wildman–Crippen MR) is 153 cm³/mol. The van der Waals surface area contributed by atoms with Gasteiger partial charge in [0.1, 0.15) is 0 Å². The second-order valence-corrected chi connectivity index (χ2v) is 10.5. The molecule has 0 saturated carbocycles. The van der Waals surface area contributed by atoms with E-state index in [9.17, 15) is 9.59 Å². The minimum Gasteiger partial charge on any atom is -0.382 e.